The van der Waals surface area contributed by atoms with Gasteiger partial charge in [0.05, 0.1) is 17.3 Å². The summed E-state index contributed by atoms with van der Waals surface area (Å²) in [4.78, 5) is 14.7. The van der Waals surface area contributed by atoms with E-state index in [1.54, 1.807) is 17.0 Å². The highest BCUT2D eigenvalue weighted by Crippen LogP contribution is 2.34. The Balaban J connectivity index is 1.89. The minimum Gasteiger partial charge on any atom is -0.444 e. The van der Waals surface area contributed by atoms with Crippen LogP contribution in [0.5, 0.6) is 0 Å². The Bertz CT molecular complexity index is 796. The summed E-state index contributed by atoms with van der Waals surface area (Å²) in [5, 5.41) is 0.801. The standard InChI is InChI=1S/C23H29FN2O2/c1-5-23(15-9-6-10-16-23)25(21(27)28-22(2,3)4)17-19-14-13-18-11-7-8-12-20(18)26(19)24/h5-12,15,19H,1,13-14,16-17H2,2-4H3. The molecule has 150 valence electrons. The molecule has 0 N–H and O–H groups in total. The van der Waals surface area contributed by atoms with Crippen molar-refractivity contribution < 1.29 is 14.0 Å². The molecule has 4 nitrogen and oxygen atoms in total. The molecule has 2 atom stereocenters. The molecule has 0 saturated heterocycles. The molecule has 1 aromatic rings. The fourth-order valence-corrected chi connectivity index (χ4v) is 3.76. The van der Waals surface area contributed by atoms with Crippen LogP contribution in [0.1, 0.15) is 39.2 Å². The van der Waals surface area contributed by atoms with Gasteiger partial charge >= 0.3 is 6.09 Å². The second-order valence-corrected chi connectivity index (χ2v) is 8.41. The van der Waals surface area contributed by atoms with Gasteiger partial charge in [0.2, 0.25) is 0 Å². The molecule has 1 heterocycles. The first-order valence-electron chi connectivity index (χ1n) is 9.77. The SMILES string of the molecule is C=CC1(N(CC2CCc3ccccc3N2F)C(=O)OC(C)(C)C)C=CC=CC1. The van der Waals surface area contributed by atoms with E-state index < -0.39 is 23.3 Å². The zero-order chi connectivity index (χ0) is 20.4. The van der Waals surface area contributed by atoms with E-state index in [0.29, 0.717) is 18.5 Å². The topological polar surface area (TPSA) is 32.8 Å². The number of anilines is 1. The summed E-state index contributed by atoms with van der Waals surface area (Å²) in [5.41, 5.74) is 0.202. The Morgan fingerprint density at radius 1 is 1.39 bits per heavy atom. The molecule has 0 fully saturated rings. The molecule has 0 spiro atoms. The molecule has 28 heavy (non-hydrogen) atoms. The first-order chi connectivity index (χ1) is 13.3. The number of para-hydroxylation sites is 1. The summed E-state index contributed by atoms with van der Waals surface area (Å²) in [6.45, 7) is 9.67. The van der Waals surface area contributed by atoms with E-state index in [2.05, 4.69) is 6.58 Å². The predicted octanol–water partition coefficient (Wildman–Crippen LogP) is 5.37. The number of ether oxygens (including phenoxy) is 1. The maximum absolute atomic E-state index is 15.2. The Hall–Kier alpha value is -2.56. The van der Waals surface area contributed by atoms with Crippen LogP contribution in [0.15, 0.2) is 61.2 Å². The van der Waals surface area contributed by atoms with Crippen molar-refractivity contribution in [2.24, 2.45) is 0 Å². The number of benzene rings is 1. The highest BCUT2D eigenvalue weighted by Gasteiger charge is 2.40. The van der Waals surface area contributed by atoms with Crippen molar-refractivity contribution in [2.45, 2.75) is 57.2 Å². The third-order valence-electron chi connectivity index (χ3n) is 5.23. The highest BCUT2D eigenvalue weighted by molar-refractivity contribution is 5.71. The van der Waals surface area contributed by atoms with Crippen molar-refractivity contribution in [3.05, 3.63) is 66.8 Å². The van der Waals surface area contributed by atoms with Crippen LogP contribution in [-0.4, -0.2) is 34.7 Å². The van der Waals surface area contributed by atoms with Crippen LogP contribution in [0.25, 0.3) is 0 Å². The Kier molecular flexibility index (Phi) is 5.64. The lowest BCUT2D eigenvalue weighted by atomic mass is 9.88. The van der Waals surface area contributed by atoms with Gasteiger partial charge in [-0.3, -0.25) is 4.90 Å². The van der Waals surface area contributed by atoms with Gasteiger partial charge in [0.15, 0.2) is 0 Å². The van der Waals surface area contributed by atoms with Crippen molar-refractivity contribution in [3.8, 4) is 0 Å². The number of hydrogen-bond acceptors (Lipinski definition) is 3. The van der Waals surface area contributed by atoms with Crippen molar-refractivity contribution in [1.29, 1.82) is 0 Å². The molecule has 1 aliphatic heterocycles. The third-order valence-corrected chi connectivity index (χ3v) is 5.23. The number of aryl methyl sites for hydroxylation is 1. The van der Waals surface area contributed by atoms with Crippen molar-refractivity contribution in [1.82, 2.24) is 4.90 Å². The van der Waals surface area contributed by atoms with Crippen LogP contribution in [0, 0.1) is 0 Å². The quantitative estimate of drug-likeness (QED) is 0.517. The van der Waals surface area contributed by atoms with E-state index in [9.17, 15) is 4.79 Å². The van der Waals surface area contributed by atoms with Gasteiger partial charge in [-0.2, -0.15) is 0 Å². The largest absolute Gasteiger partial charge is 0.444 e. The van der Waals surface area contributed by atoms with E-state index in [0.717, 1.165) is 17.1 Å². The van der Waals surface area contributed by atoms with Gasteiger partial charge in [0, 0.05) is 6.54 Å². The molecular weight excluding hydrogens is 355 g/mol. The maximum atomic E-state index is 15.2. The fraction of sp³-hybridized carbons (Fsp3) is 0.435. The van der Waals surface area contributed by atoms with Gasteiger partial charge in [0.1, 0.15) is 5.60 Å². The zero-order valence-electron chi connectivity index (χ0n) is 16.9. The molecule has 1 amide bonds. The van der Waals surface area contributed by atoms with Crippen LogP contribution in [0.2, 0.25) is 0 Å². The molecule has 2 unspecified atom stereocenters. The van der Waals surface area contributed by atoms with Gasteiger partial charge in [-0.1, -0.05) is 53.1 Å². The first-order valence-corrected chi connectivity index (χ1v) is 9.77. The lowest BCUT2D eigenvalue weighted by Crippen LogP contribution is -2.56. The zero-order valence-corrected chi connectivity index (χ0v) is 16.9. The average molecular weight is 384 g/mol. The maximum Gasteiger partial charge on any atom is 0.411 e. The lowest BCUT2D eigenvalue weighted by Gasteiger charge is -2.44. The van der Waals surface area contributed by atoms with Gasteiger partial charge in [-0.05, 0) is 51.7 Å². The van der Waals surface area contributed by atoms with E-state index in [4.69, 9.17) is 4.74 Å². The summed E-state index contributed by atoms with van der Waals surface area (Å²) in [7, 11) is 0. The minimum absolute atomic E-state index is 0.212. The van der Waals surface area contributed by atoms with Gasteiger partial charge in [-0.15, -0.1) is 6.58 Å². The summed E-state index contributed by atoms with van der Waals surface area (Å²) in [6, 6.07) is 7.04. The van der Waals surface area contributed by atoms with Gasteiger partial charge in [0.25, 0.3) is 0 Å². The van der Waals surface area contributed by atoms with Crippen LogP contribution in [0.3, 0.4) is 0 Å². The summed E-state index contributed by atoms with van der Waals surface area (Å²) in [6.07, 6.45) is 11.0. The molecule has 0 saturated carbocycles. The second-order valence-electron chi connectivity index (χ2n) is 8.41. The average Bonchev–Trinajstić information content (AvgIpc) is 2.67. The number of hydrogen-bond donors (Lipinski definition) is 0. The van der Waals surface area contributed by atoms with Gasteiger partial charge in [-0.25, -0.2) is 9.92 Å². The van der Waals surface area contributed by atoms with Crippen molar-refractivity contribution in [2.75, 3.05) is 11.7 Å². The monoisotopic (exact) mass is 384 g/mol. The molecule has 0 aromatic heterocycles. The number of allylic oxidation sites excluding steroid dienone is 2. The number of fused-ring (bicyclic) bond motifs is 1. The lowest BCUT2D eigenvalue weighted by molar-refractivity contribution is 0.00907. The number of carbonyl (C=O) groups is 1. The fourth-order valence-electron chi connectivity index (χ4n) is 3.76. The first kappa shape index (κ1) is 20.2. The summed E-state index contributed by atoms with van der Waals surface area (Å²) >= 11 is 0. The molecule has 5 heteroatoms. The second kappa shape index (κ2) is 7.82. The third kappa shape index (κ3) is 4.13. The van der Waals surface area contributed by atoms with Crippen LogP contribution in [-0.2, 0) is 11.2 Å². The highest BCUT2D eigenvalue weighted by atomic mass is 19.2. The minimum atomic E-state index is -0.727. The van der Waals surface area contributed by atoms with Crippen LogP contribution >= 0.6 is 0 Å². The van der Waals surface area contributed by atoms with Crippen LogP contribution in [0.4, 0.5) is 15.0 Å². The molecule has 1 aliphatic carbocycles. The Labute approximate surface area is 166 Å². The van der Waals surface area contributed by atoms with Crippen molar-refractivity contribution >= 4 is 11.8 Å². The Morgan fingerprint density at radius 3 is 2.79 bits per heavy atom. The molecule has 2 aliphatic rings. The van der Waals surface area contributed by atoms with E-state index in [-0.39, 0.29) is 6.54 Å². The molecule has 3 rings (SSSR count). The predicted molar refractivity (Wildman–Crippen MR) is 111 cm³/mol. The number of amides is 1. The van der Waals surface area contributed by atoms with E-state index in [1.165, 1.54) is 0 Å². The number of halogens is 1. The smallest absolute Gasteiger partial charge is 0.411 e. The van der Waals surface area contributed by atoms with E-state index >= 15 is 4.48 Å². The normalized spacial score (nSPS) is 23.9. The molecular formula is C23H29FN2O2. The summed E-state index contributed by atoms with van der Waals surface area (Å²) in [5.74, 6) is 0. The number of nitrogens with zero attached hydrogens (tertiary/aromatic N) is 2. The number of rotatable bonds is 4. The summed E-state index contributed by atoms with van der Waals surface area (Å²) < 4.78 is 20.9. The van der Waals surface area contributed by atoms with Crippen LogP contribution < -0.4 is 5.12 Å². The van der Waals surface area contributed by atoms with Crippen molar-refractivity contribution in [3.63, 3.8) is 0 Å². The molecule has 0 radical (unpaired) electrons. The molecule has 1 aromatic carbocycles. The van der Waals surface area contributed by atoms with E-state index in [1.807, 2.05) is 63.3 Å². The number of carbonyl (C=O) groups excluding carboxylic acids is 1. The van der Waals surface area contributed by atoms with Gasteiger partial charge < -0.3 is 4.74 Å². The Morgan fingerprint density at radius 2 is 2.14 bits per heavy atom. The molecule has 0 bridgehead atoms.